The van der Waals surface area contributed by atoms with E-state index in [9.17, 15) is 22.8 Å². The smallest absolute Gasteiger partial charge is 0.297 e. The Balaban J connectivity index is 2.73. The van der Waals surface area contributed by atoms with Gasteiger partial charge < -0.3 is 0 Å². The number of likely N-dealkylation sites (tertiary alicyclic amines) is 1. The normalized spacial score (nSPS) is 23.9. The highest BCUT2D eigenvalue weighted by Crippen LogP contribution is 2.28. The van der Waals surface area contributed by atoms with E-state index in [4.69, 9.17) is 0 Å². The average Bonchev–Trinajstić information content (AvgIpc) is 2.13. The zero-order valence-corrected chi connectivity index (χ0v) is 10.1. The molecule has 0 spiro atoms. The molecular weight excluding hydrogens is 235 g/mol. The summed E-state index contributed by atoms with van der Waals surface area (Å²) in [6.07, 6.45) is -4.96. The average molecular weight is 251 g/mol. The van der Waals surface area contributed by atoms with Gasteiger partial charge in [-0.05, 0) is 27.2 Å². The van der Waals surface area contributed by atoms with E-state index >= 15 is 0 Å². The zero-order valence-electron chi connectivity index (χ0n) is 10.1. The van der Waals surface area contributed by atoms with Crippen molar-refractivity contribution in [2.45, 2.75) is 38.9 Å². The van der Waals surface area contributed by atoms with Crippen molar-refractivity contribution in [2.24, 2.45) is 5.92 Å². The van der Waals surface area contributed by atoms with Crippen molar-refractivity contribution >= 4 is 11.6 Å². The summed E-state index contributed by atoms with van der Waals surface area (Å²) in [5.41, 5.74) is -0.276. The fraction of sp³-hybridized carbons (Fsp3) is 0.818. The molecule has 1 fully saturated rings. The van der Waals surface area contributed by atoms with Gasteiger partial charge in [0.2, 0.25) is 5.78 Å². The first-order valence-electron chi connectivity index (χ1n) is 5.42. The molecule has 0 bridgehead atoms. The Labute approximate surface area is 98.0 Å². The Morgan fingerprint density at radius 1 is 1.29 bits per heavy atom. The first kappa shape index (κ1) is 14.2. The van der Waals surface area contributed by atoms with Crippen LogP contribution in [0.25, 0.3) is 0 Å². The van der Waals surface area contributed by atoms with Crippen molar-refractivity contribution in [2.75, 3.05) is 13.1 Å². The molecular formula is C11H16F3NO2. The topological polar surface area (TPSA) is 37.4 Å². The summed E-state index contributed by atoms with van der Waals surface area (Å²) in [6.45, 7) is 5.89. The number of ketones is 2. The lowest BCUT2D eigenvalue weighted by Gasteiger charge is -2.39. The number of rotatable bonds is 1. The molecule has 1 atom stereocenters. The van der Waals surface area contributed by atoms with Crippen molar-refractivity contribution in [3.8, 4) is 0 Å². The molecule has 1 rings (SSSR count). The lowest BCUT2D eigenvalue weighted by molar-refractivity contribution is -0.178. The Kier molecular flexibility index (Phi) is 3.66. The van der Waals surface area contributed by atoms with Gasteiger partial charge in [0.25, 0.3) is 0 Å². The van der Waals surface area contributed by atoms with E-state index in [1.165, 1.54) is 0 Å². The highest BCUT2D eigenvalue weighted by molar-refractivity contribution is 6.05. The van der Waals surface area contributed by atoms with Crippen LogP contribution in [0.4, 0.5) is 13.2 Å². The van der Waals surface area contributed by atoms with E-state index in [1.807, 2.05) is 20.8 Å². The van der Waals surface area contributed by atoms with Crippen LogP contribution in [0.2, 0.25) is 0 Å². The minimum atomic E-state index is -4.91. The van der Waals surface area contributed by atoms with E-state index in [-0.39, 0.29) is 18.5 Å². The molecule has 0 amide bonds. The second-order valence-electron chi connectivity index (χ2n) is 5.26. The molecule has 1 saturated heterocycles. The van der Waals surface area contributed by atoms with Crippen LogP contribution in [0, 0.1) is 5.92 Å². The monoisotopic (exact) mass is 251 g/mol. The number of carbonyl (C=O) groups excluding carboxylic acids is 2. The second kappa shape index (κ2) is 4.40. The number of piperidine rings is 1. The summed E-state index contributed by atoms with van der Waals surface area (Å²) in [5.74, 6) is -4.04. The molecule has 0 N–H and O–H groups in total. The van der Waals surface area contributed by atoms with Crippen molar-refractivity contribution in [3.63, 3.8) is 0 Å². The van der Waals surface area contributed by atoms with Gasteiger partial charge in [0.15, 0.2) is 5.78 Å². The first-order valence-corrected chi connectivity index (χ1v) is 5.42. The van der Waals surface area contributed by atoms with Crippen LogP contribution in [0.5, 0.6) is 0 Å². The highest BCUT2D eigenvalue weighted by atomic mass is 19.4. The fourth-order valence-corrected chi connectivity index (χ4v) is 1.87. The summed E-state index contributed by atoms with van der Waals surface area (Å²) >= 11 is 0. The van der Waals surface area contributed by atoms with Crippen LogP contribution in [0.1, 0.15) is 27.2 Å². The van der Waals surface area contributed by atoms with Gasteiger partial charge in [0, 0.05) is 12.1 Å². The predicted octanol–water partition coefficient (Wildman–Crippen LogP) is 1.81. The maximum atomic E-state index is 12.2. The third-order valence-corrected chi connectivity index (χ3v) is 2.97. The van der Waals surface area contributed by atoms with Crippen LogP contribution in [-0.2, 0) is 9.59 Å². The Bertz CT molecular complexity index is 331. The molecule has 1 unspecified atom stereocenters. The number of Topliss-reactive ketones (excluding diaryl/α,β-unsaturated/α-hetero) is 2. The molecule has 17 heavy (non-hydrogen) atoms. The summed E-state index contributed by atoms with van der Waals surface area (Å²) < 4.78 is 36.7. The molecule has 0 radical (unpaired) electrons. The quantitative estimate of drug-likeness (QED) is 0.667. The first-order chi connectivity index (χ1) is 7.53. The van der Waals surface area contributed by atoms with E-state index in [0.29, 0.717) is 6.54 Å². The van der Waals surface area contributed by atoms with Gasteiger partial charge in [-0.3, -0.25) is 14.5 Å². The van der Waals surface area contributed by atoms with Crippen LogP contribution in [0.15, 0.2) is 0 Å². The van der Waals surface area contributed by atoms with Crippen LogP contribution in [-0.4, -0.2) is 41.3 Å². The molecule has 0 saturated carbocycles. The molecule has 0 aliphatic carbocycles. The summed E-state index contributed by atoms with van der Waals surface area (Å²) in [5, 5.41) is 0. The number of carbonyl (C=O) groups is 2. The highest BCUT2D eigenvalue weighted by Gasteiger charge is 2.48. The number of hydrogen-bond acceptors (Lipinski definition) is 3. The fourth-order valence-electron chi connectivity index (χ4n) is 1.87. The minimum absolute atomic E-state index is 0.0472. The number of halogens is 3. The molecule has 98 valence electrons. The SMILES string of the molecule is CC(C)(C)N1CCC(C(=O)C(F)(F)F)C(=O)C1. The molecule has 1 aliphatic heterocycles. The van der Waals surface area contributed by atoms with Crippen molar-refractivity contribution in [1.82, 2.24) is 4.90 Å². The van der Waals surface area contributed by atoms with Gasteiger partial charge in [-0.1, -0.05) is 0 Å². The Hall–Kier alpha value is -0.910. The largest absolute Gasteiger partial charge is 0.450 e. The Morgan fingerprint density at radius 3 is 2.18 bits per heavy atom. The van der Waals surface area contributed by atoms with Crippen LogP contribution in [0.3, 0.4) is 0 Å². The number of hydrogen-bond donors (Lipinski definition) is 0. The van der Waals surface area contributed by atoms with Crippen molar-refractivity contribution in [3.05, 3.63) is 0 Å². The van der Waals surface area contributed by atoms with Crippen LogP contribution < -0.4 is 0 Å². The lowest BCUT2D eigenvalue weighted by atomic mass is 9.88. The number of nitrogens with zero attached hydrogens (tertiary/aromatic N) is 1. The van der Waals surface area contributed by atoms with E-state index < -0.39 is 23.7 Å². The second-order valence-corrected chi connectivity index (χ2v) is 5.26. The standard InChI is InChI=1S/C11H16F3NO2/c1-10(2,3)15-5-4-7(8(16)6-15)9(17)11(12,13)14/h7H,4-6H2,1-3H3. The molecule has 0 aromatic heterocycles. The van der Waals surface area contributed by atoms with E-state index in [1.54, 1.807) is 4.90 Å². The maximum absolute atomic E-state index is 12.2. The summed E-state index contributed by atoms with van der Waals surface area (Å²) in [6, 6.07) is 0. The van der Waals surface area contributed by atoms with Gasteiger partial charge in [-0.2, -0.15) is 13.2 Å². The van der Waals surface area contributed by atoms with Crippen molar-refractivity contribution in [1.29, 1.82) is 0 Å². The van der Waals surface area contributed by atoms with Gasteiger partial charge >= 0.3 is 6.18 Å². The Morgan fingerprint density at radius 2 is 1.82 bits per heavy atom. The molecule has 0 aromatic carbocycles. The van der Waals surface area contributed by atoms with Gasteiger partial charge in [-0.25, -0.2) is 0 Å². The summed E-state index contributed by atoms with van der Waals surface area (Å²) in [4.78, 5) is 24.4. The molecule has 1 aliphatic rings. The van der Waals surface area contributed by atoms with E-state index in [0.717, 1.165) is 0 Å². The molecule has 3 nitrogen and oxygen atoms in total. The molecule has 6 heteroatoms. The lowest BCUT2D eigenvalue weighted by Crippen LogP contribution is -2.53. The predicted molar refractivity (Wildman–Crippen MR) is 55.5 cm³/mol. The number of alkyl halides is 3. The third kappa shape index (κ3) is 3.28. The maximum Gasteiger partial charge on any atom is 0.450 e. The van der Waals surface area contributed by atoms with Gasteiger partial charge in [0.05, 0.1) is 12.5 Å². The zero-order chi connectivity index (χ0) is 13.4. The molecule has 0 aromatic rings. The molecule has 1 heterocycles. The van der Waals surface area contributed by atoms with Crippen molar-refractivity contribution < 1.29 is 22.8 Å². The third-order valence-electron chi connectivity index (χ3n) is 2.97. The summed E-state index contributed by atoms with van der Waals surface area (Å²) in [7, 11) is 0. The van der Waals surface area contributed by atoms with Crippen LogP contribution >= 0.6 is 0 Å². The van der Waals surface area contributed by atoms with Gasteiger partial charge in [-0.15, -0.1) is 0 Å². The van der Waals surface area contributed by atoms with E-state index in [2.05, 4.69) is 0 Å². The van der Waals surface area contributed by atoms with Gasteiger partial charge in [0.1, 0.15) is 0 Å². The minimum Gasteiger partial charge on any atom is -0.297 e.